The van der Waals surface area contributed by atoms with Crippen molar-refractivity contribution in [2.24, 2.45) is 0 Å². The summed E-state index contributed by atoms with van der Waals surface area (Å²) >= 11 is 0. The summed E-state index contributed by atoms with van der Waals surface area (Å²) in [6, 6.07) is 13.4. The van der Waals surface area contributed by atoms with Gasteiger partial charge < -0.3 is 25.8 Å². The molecular formula is C24H26FN5O2. The second kappa shape index (κ2) is 8.27. The van der Waals surface area contributed by atoms with Gasteiger partial charge in [0.05, 0.1) is 18.5 Å². The number of hydrogen-bond donors (Lipinski definition) is 3. The molecule has 8 heteroatoms. The van der Waals surface area contributed by atoms with Gasteiger partial charge in [-0.2, -0.15) is 0 Å². The summed E-state index contributed by atoms with van der Waals surface area (Å²) in [5.41, 5.74) is 9.99. The van der Waals surface area contributed by atoms with Crippen LogP contribution >= 0.6 is 0 Å². The van der Waals surface area contributed by atoms with Gasteiger partial charge in [0.25, 0.3) is 0 Å². The minimum absolute atomic E-state index is 0.0139. The Labute approximate surface area is 186 Å². The van der Waals surface area contributed by atoms with Crippen molar-refractivity contribution in [2.75, 3.05) is 43.2 Å². The Balaban J connectivity index is 1.35. The Morgan fingerprint density at radius 2 is 2.06 bits per heavy atom. The number of ether oxygens (including phenoxy) is 2. The number of rotatable bonds is 7. The van der Waals surface area contributed by atoms with Crippen molar-refractivity contribution in [2.45, 2.75) is 24.2 Å². The van der Waals surface area contributed by atoms with Crippen LogP contribution in [-0.4, -0.2) is 36.8 Å². The normalized spacial score (nSPS) is 21.0. The molecule has 1 unspecified atom stereocenters. The highest BCUT2D eigenvalue weighted by Gasteiger charge is 2.53. The average Bonchev–Trinajstić information content (AvgIpc) is 3.17. The number of hydrogen-bond acceptors (Lipinski definition) is 7. The monoisotopic (exact) mass is 435 g/mol. The van der Waals surface area contributed by atoms with Crippen LogP contribution in [0, 0.1) is 5.82 Å². The Hall–Kier alpha value is -3.39. The molecule has 1 fully saturated rings. The lowest BCUT2D eigenvalue weighted by molar-refractivity contribution is 0.146. The molecule has 1 aromatic heterocycles. The number of aromatic nitrogens is 2. The van der Waals surface area contributed by atoms with E-state index in [2.05, 4.69) is 26.7 Å². The maximum Gasteiger partial charge on any atom is 0.227 e. The summed E-state index contributed by atoms with van der Waals surface area (Å²) in [5.74, 6) is 0.739. The van der Waals surface area contributed by atoms with Gasteiger partial charge in [-0.05, 0) is 54.8 Å². The number of nitrogen functional groups attached to an aromatic ring is 1. The van der Waals surface area contributed by atoms with Crippen LogP contribution in [0.25, 0.3) is 0 Å². The molecule has 2 atom stereocenters. The molecule has 166 valence electrons. The van der Waals surface area contributed by atoms with Gasteiger partial charge in [-0.25, -0.2) is 14.4 Å². The van der Waals surface area contributed by atoms with Crippen molar-refractivity contribution in [1.82, 2.24) is 9.97 Å². The highest BCUT2D eigenvalue weighted by molar-refractivity contribution is 5.68. The molecule has 1 aliphatic heterocycles. The zero-order valence-corrected chi connectivity index (χ0v) is 17.9. The van der Waals surface area contributed by atoms with Crippen LogP contribution in [0.2, 0.25) is 0 Å². The Morgan fingerprint density at radius 1 is 1.22 bits per heavy atom. The van der Waals surface area contributed by atoms with Crippen LogP contribution in [-0.2, 0) is 10.2 Å². The topological polar surface area (TPSA) is 94.3 Å². The van der Waals surface area contributed by atoms with Crippen molar-refractivity contribution in [3.05, 3.63) is 65.7 Å². The van der Waals surface area contributed by atoms with Gasteiger partial charge in [0.15, 0.2) is 5.82 Å². The number of nitrogens with zero attached hydrogens (tertiary/aromatic N) is 2. The Bertz CT molecular complexity index is 1120. The first-order valence-corrected chi connectivity index (χ1v) is 10.7. The van der Waals surface area contributed by atoms with E-state index < -0.39 is 0 Å². The van der Waals surface area contributed by atoms with Gasteiger partial charge in [-0.15, -0.1) is 0 Å². The van der Waals surface area contributed by atoms with Crippen molar-refractivity contribution in [1.29, 1.82) is 0 Å². The van der Waals surface area contributed by atoms with E-state index in [1.54, 1.807) is 7.11 Å². The molecule has 1 spiro atoms. The highest BCUT2D eigenvalue weighted by Crippen LogP contribution is 2.58. The third-order valence-corrected chi connectivity index (χ3v) is 6.49. The smallest absolute Gasteiger partial charge is 0.227 e. The van der Waals surface area contributed by atoms with E-state index in [0.29, 0.717) is 24.9 Å². The SMILES string of the molecule is COCCOc1ccc(Nc2ncc(F)c(C3CC[C@@]34CNc3cc(N)ccc34)n2)cc1. The summed E-state index contributed by atoms with van der Waals surface area (Å²) in [5, 5.41) is 6.62. The molecule has 0 bridgehead atoms. The first-order chi connectivity index (χ1) is 15.6. The van der Waals surface area contributed by atoms with E-state index in [4.69, 9.17) is 15.2 Å². The molecule has 2 aliphatic rings. The zero-order chi connectivity index (χ0) is 22.1. The minimum atomic E-state index is -0.370. The fourth-order valence-electron chi connectivity index (χ4n) is 4.75. The van der Waals surface area contributed by atoms with Crippen LogP contribution < -0.4 is 21.1 Å². The van der Waals surface area contributed by atoms with Gasteiger partial charge in [0, 0.05) is 42.0 Å². The van der Waals surface area contributed by atoms with Gasteiger partial charge in [0.2, 0.25) is 5.95 Å². The van der Waals surface area contributed by atoms with Crippen molar-refractivity contribution >= 4 is 23.0 Å². The van der Waals surface area contributed by atoms with Crippen molar-refractivity contribution < 1.29 is 13.9 Å². The minimum Gasteiger partial charge on any atom is -0.491 e. The third-order valence-electron chi connectivity index (χ3n) is 6.49. The van der Waals surface area contributed by atoms with Crippen LogP contribution in [0.4, 0.5) is 27.4 Å². The highest BCUT2D eigenvalue weighted by atomic mass is 19.1. The molecule has 2 aromatic carbocycles. The van der Waals surface area contributed by atoms with Crippen molar-refractivity contribution in [3.8, 4) is 5.75 Å². The van der Waals surface area contributed by atoms with E-state index in [9.17, 15) is 4.39 Å². The number of anilines is 4. The van der Waals surface area contributed by atoms with E-state index in [1.165, 1.54) is 11.8 Å². The summed E-state index contributed by atoms with van der Waals surface area (Å²) < 4.78 is 25.4. The van der Waals surface area contributed by atoms with Gasteiger partial charge in [-0.3, -0.25) is 0 Å². The number of benzene rings is 2. The van der Waals surface area contributed by atoms with E-state index in [0.717, 1.165) is 42.2 Å². The average molecular weight is 436 g/mol. The Kier molecular flexibility index (Phi) is 5.30. The molecule has 2 heterocycles. The fourth-order valence-corrected chi connectivity index (χ4v) is 4.75. The second-order valence-corrected chi connectivity index (χ2v) is 8.32. The molecule has 5 rings (SSSR count). The van der Waals surface area contributed by atoms with Crippen LogP contribution in [0.3, 0.4) is 0 Å². The van der Waals surface area contributed by atoms with Crippen LogP contribution in [0.15, 0.2) is 48.7 Å². The summed E-state index contributed by atoms with van der Waals surface area (Å²) in [4.78, 5) is 8.74. The molecule has 0 amide bonds. The third kappa shape index (κ3) is 3.60. The maximum atomic E-state index is 14.8. The lowest BCUT2D eigenvalue weighted by Gasteiger charge is -2.47. The molecule has 3 aromatic rings. The number of nitrogens with one attached hydrogen (secondary N) is 2. The summed E-state index contributed by atoms with van der Waals surface area (Å²) in [6.07, 6.45) is 3.12. The quantitative estimate of drug-likeness (QED) is 0.378. The van der Waals surface area contributed by atoms with Gasteiger partial charge in [-0.1, -0.05) is 6.07 Å². The Morgan fingerprint density at radius 3 is 2.81 bits per heavy atom. The van der Waals surface area contributed by atoms with Crippen LogP contribution in [0.5, 0.6) is 5.75 Å². The van der Waals surface area contributed by atoms with E-state index in [-0.39, 0.29) is 17.2 Å². The molecule has 4 N–H and O–H groups in total. The first kappa shape index (κ1) is 20.5. The molecule has 0 radical (unpaired) electrons. The molecule has 0 saturated heterocycles. The van der Waals surface area contributed by atoms with E-state index in [1.807, 2.05) is 36.4 Å². The van der Waals surface area contributed by atoms with Gasteiger partial charge in [0.1, 0.15) is 12.4 Å². The molecule has 32 heavy (non-hydrogen) atoms. The zero-order valence-electron chi connectivity index (χ0n) is 17.9. The number of nitrogens with two attached hydrogens (primary N) is 1. The molecular weight excluding hydrogens is 409 g/mol. The summed E-state index contributed by atoms with van der Waals surface area (Å²) in [7, 11) is 1.64. The number of methoxy groups -OCH3 is 1. The molecule has 1 saturated carbocycles. The number of halogens is 1. The predicted molar refractivity (Wildman–Crippen MR) is 122 cm³/mol. The lowest BCUT2D eigenvalue weighted by atomic mass is 9.56. The van der Waals surface area contributed by atoms with Gasteiger partial charge >= 0.3 is 0 Å². The largest absolute Gasteiger partial charge is 0.491 e. The fraction of sp³-hybridized carbons (Fsp3) is 0.333. The maximum absolute atomic E-state index is 14.8. The molecule has 7 nitrogen and oxygen atoms in total. The second-order valence-electron chi connectivity index (χ2n) is 8.32. The van der Waals surface area contributed by atoms with E-state index >= 15 is 0 Å². The predicted octanol–water partition coefficient (Wildman–Crippen LogP) is 4.21. The number of fused-ring (bicyclic) bond motifs is 2. The van der Waals surface area contributed by atoms with Crippen LogP contribution in [0.1, 0.15) is 30.0 Å². The standard InChI is InChI=1S/C24H26FN5O2/c1-31-10-11-32-17-5-3-16(4-6-17)29-23-27-13-20(25)22(30-23)19-8-9-24(19)14-28-21-12-15(26)2-7-18(21)24/h2-7,12-13,19,28H,8-11,14,26H2,1H3,(H,27,29,30)/t19?,24-/m0/s1. The summed E-state index contributed by atoms with van der Waals surface area (Å²) in [6.45, 7) is 1.77. The van der Waals surface area contributed by atoms with Crippen molar-refractivity contribution in [3.63, 3.8) is 0 Å². The first-order valence-electron chi connectivity index (χ1n) is 10.7. The lowest BCUT2D eigenvalue weighted by Crippen LogP contribution is -2.45. The molecule has 1 aliphatic carbocycles.